The van der Waals surface area contributed by atoms with Gasteiger partial charge in [-0.05, 0) is 12.1 Å². The molecule has 18 heavy (non-hydrogen) atoms. The van der Waals surface area contributed by atoms with Crippen LogP contribution >= 0.6 is 0 Å². The van der Waals surface area contributed by atoms with Crippen LogP contribution in [-0.2, 0) is 6.54 Å². The number of aromatic amines is 1. The van der Waals surface area contributed by atoms with E-state index in [0.29, 0.717) is 0 Å². The molecule has 0 unspecified atom stereocenters. The number of rotatable bonds is 3. The van der Waals surface area contributed by atoms with E-state index in [0.717, 1.165) is 55.3 Å². The smallest absolute Gasteiger partial charge is 0.121 e. The summed E-state index contributed by atoms with van der Waals surface area (Å²) in [5.74, 6) is 1.89. The van der Waals surface area contributed by atoms with E-state index in [1.165, 1.54) is 0 Å². The van der Waals surface area contributed by atoms with Crippen molar-refractivity contribution in [1.82, 2.24) is 20.2 Å². The van der Waals surface area contributed by atoms with Crippen LogP contribution in [0.5, 0.6) is 5.75 Å². The van der Waals surface area contributed by atoms with E-state index < -0.39 is 0 Å². The number of imidazole rings is 1. The number of methoxy groups -OCH3 is 1. The Morgan fingerprint density at radius 3 is 2.94 bits per heavy atom. The maximum absolute atomic E-state index is 5.22. The second-order valence-corrected chi connectivity index (χ2v) is 4.59. The number of fused-ring (bicyclic) bond motifs is 1. The van der Waals surface area contributed by atoms with Crippen molar-refractivity contribution in [2.45, 2.75) is 6.54 Å². The SMILES string of the molecule is COc1ccc2nc(CN3CCNCC3)[nH]c2c1. The van der Waals surface area contributed by atoms with E-state index in [1.54, 1.807) is 7.11 Å². The van der Waals surface area contributed by atoms with E-state index in [-0.39, 0.29) is 0 Å². The third-order valence-electron chi connectivity index (χ3n) is 3.32. The summed E-state index contributed by atoms with van der Waals surface area (Å²) in [5, 5.41) is 3.35. The first-order chi connectivity index (χ1) is 8.85. The fourth-order valence-corrected chi connectivity index (χ4v) is 2.32. The Morgan fingerprint density at radius 2 is 2.17 bits per heavy atom. The van der Waals surface area contributed by atoms with Gasteiger partial charge in [0.2, 0.25) is 0 Å². The molecule has 0 aliphatic carbocycles. The normalized spacial score (nSPS) is 17.2. The van der Waals surface area contributed by atoms with Gasteiger partial charge in [-0.15, -0.1) is 0 Å². The minimum atomic E-state index is 0.861. The molecule has 0 bridgehead atoms. The summed E-state index contributed by atoms with van der Waals surface area (Å²) in [6.45, 7) is 5.18. The minimum Gasteiger partial charge on any atom is -0.497 e. The molecule has 3 rings (SSSR count). The van der Waals surface area contributed by atoms with Crippen molar-refractivity contribution >= 4 is 11.0 Å². The Labute approximate surface area is 106 Å². The number of nitrogens with one attached hydrogen (secondary N) is 2. The van der Waals surface area contributed by atoms with Gasteiger partial charge in [0.25, 0.3) is 0 Å². The maximum Gasteiger partial charge on any atom is 0.121 e. The maximum atomic E-state index is 5.22. The molecule has 0 amide bonds. The van der Waals surface area contributed by atoms with Crippen LogP contribution in [0, 0.1) is 0 Å². The topological polar surface area (TPSA) is 53.2 Å². The zero-order valence-corrected chi connectivity index (χ0v) is 10.6. The average molecular weight is 246 g/mol. The van der Waals surface area contributed by atoms with Crippen molar-refractivity contribution in [1.29, 1.82) is 0 Å². The number of ether oxygens (including phenoxy) is 1. The molecule has 1 aliphatic rings. The van der Waals surface area contributed by atoms with Crippen molar-refractivity contribution in [2.75, 3.05) is 33.3 Å². The Balaban J connectivity index is 1.79. The van der Waals surface area contributed by atoms with Gasteiger partial charge in [-0.3, -0.25) is 4.90 Å². The molecule has 2 N–H and O–H groups in total. The number of hydrogen-bond acceptors (Lipinski definition) is 4. The molecule has 0 radical (unpaired) electrons. The Hall–Kier alpha value is -1.59. The molecule has 1 saturated heterocycles. The van der Waals surface area contributed by atoms with Crippen LogP contribution in [0.4, 0.5) is 0 Å². The Morgan fingerprint density at radius 1 is 1.33 bits per heavy atom. The third kappa shape index (κ3) is 2.32. The van der Waals surface area contributed by atoms with Crippen LogP contribution < -0.4 is 10.1 Å². The van der Waals surface area contributed by atoms with Crippen molar-refractivity contribution in [3.05, 3.63) is 24.0 Å². The largest absolute Gasteiger partial charge is 0.497 e. The summed E-state index contributed by atoms with van der Waals surface area (Å²) in [6.07, 6.45) is 0. The van der Waals surface area contributed by atoms with E-state index in [4.69, 9.17) is 4.74 Å². The zero-order valence-electron chi connectivity index (χ0n) is 10.6. The highest BCUT2D eigenvalue weighted by Gasteiger charge is 2.12. The van der Waals surface area contributed by atoms with Gasteiger partial charge in [-0.2, -0.15) is 0 Å². The van der Waals surface area contributed by atoms with Gasteiger partial charge in [0.1, 0.15) is 11.6 Å². The van der Waals surface area contributed by atoms with Gasteiger partial charge >= 0.3 is 0 Å². The molecule has 1 aromatic carbocycles. The summed E-state index contributed by atoms with van der Waals surface area (Å²) in [6, 6.07) is 5.92. The second-order valence-electron chi connectivity index (χ2n) is 4.59. The molecule has 1 aromatic heterocycles. The number of hydrogen-bond donors (Lipinski definition) is 2. The van der Waals surface area contributed by atoms with Gasteiger partial charge in [-0.1, -0.05) is 0 Å². The Kier molecular flexibility index (Phi) is 3.17. The molecule has 2 aromatic rings. The molecule has 5 heteroatoms. The number of piperazine rings is 1. The highest BCUT2D eigenvalue weighted by Crippen LogP contribution is 2.19. The standard InChI is InChI=1S/C13H18N4O/c1-18-10-2-3-11-12(8-10)16-13(15-11)9-17-6-4-14-5-7-17/h2-3,8,14H,4-7,9H2,1H3,(H,15,16). The molecule has 0 spiro atoms. The van der Waals surface area contributed by atoms with Crippen molar-refractivity contribution in [3.63, 3.8) is 0 Å². The van der Waals surface area contributed by atoms with Crippen molar-refractivity contribution in [2.24, 2.45) is 0 Å². The summed E-state index contributed by atoms with van der Waals surface area (Å²) in [5.41, 5.74) is 2.04. The lowest BCUT2D eigenvalue weighted by molar-refractivity contribution is 0.229. The summed E-state index contributed by atoms with van der Waals surface area (Å²) < 4.78 is 5.22. The first-order valence-electron chi connectivity index (χ1n) is 6.31. The quantitative estimate of drug-likeness (QED) is 0.847. The number of aromatic nitrogens is 2. The minimum absolute atomic E-state index is 0.861. The van der Waals surface area contributed by atoms with E-state index in [2.05, 4.69) is 20.2 Å². The molecule has 1 fully saturated rings. The average Bonchev–Trinajstić information content (AvgIpc) is 2.80. The van der Waals surface area contributed by atoms with Gasteiger partial charge in [-0.25, -0.2) is 4.98 Å². The summed E-state index contributed by atoms with van der Waals surface area (Å²) >= 11 is 0. The fourth-order valence-electron chi connectivity index (χ4n) is 2.32. The lowest BCUT2D eigenvalue weighted by Gasteiger charge is -2.26. The van der Waals surface area contributed by atoms with Crippen LogP contribution in [0.2, 0.25) is 0 Å². The molecule has 5 nitrogen and oxygen atoms in total. The summed E-state index contributed by atoms with van der Waals surface area (Å²) in [7, 11) is 1.68. The predicted molar refractivity (Wildman–Crippen MR) is 70.8 cm³/mol. The Bertz CT molecular complexity index is 531. The molecular weight excluding hydrogens is 228 g/mol. The molecule has 0 atom stereocenters. The van der Waals surface area contributed by atoms with Gasteiger partial charge in [0.15, 0.2) is 0 Å². The second kappa shape index (κ2) is 4.96. The molecule has 0 saturated carbocycles. The van der Waals surface area contributed by atoms with Gasteiger partial charge in [0, 0.05) is 32.2 Å². The van der Waals surface area contributed by atoms with Crippen LogP contribution in [-0.4, -0.2) is 48.2 Å². The fraction of sp³-hybridized carbons (Fsp3) is 0.462. The van der Waals surface area contributed by atoms with E-state index >= 15 is 0 Å². The van der Waals surface area contributed by atoms with E-state index in [1.807, 2.05) is 18.2 Å². The lowest BCUT2D eigenvalue weighted by atomic mass is 10.3. The third-order valence-corrected chi connectivity index (χ3v) is 3.32. The monoisotopic (exact) mass is 246 g/mol. The molecular formula is C13H18N4O. The highest BCUT2D eigenvalue weighted by atomic mass is 16.5. The summed E-state index contributed by atoms with van der Waals surface area (Å²) in [4.78, 5) is 10.4. The van der Waals surface area contributed by atoms with E-state index in [9.17, 15) is 0 Å². The lowest BCUT2D eigenvalue weighted by Crippen LogP contribution is -2.43. The van der Waals surface area contributed by atoms with Crippen molar-refractivity contribution in [3.8, 4) is 5.75 Å². The number of H-pyrrole nitrogens is 1. The van der Waals surface area contributed by atoms with Crippen molar-refractivity contribution < 1.29 is 4.74 Å². The first-order valence-corrected chi connectivity index (χ1v) is 6.31. The van der Waals surface area contributed by atoms with Crippen LogP contribution in [0.25, 0.3) is 11.0 Å². The van der Waals surface area contributed by atoms with Crippen LogP contribution in [0.3, 0.4) is 0 Å². The van der Waals surface area contributed by atoms with Gasteiger partial charge < -0.3 is 15.0 Å². The van der Waals surface area contributed by atoms with Crippen LogP contribution in [0.1, 0.15) is 5.82 Å². The molecule has 1 aliphatic heterocycles. The first kappa shape index (κ1) is 11.5. The number of nitrogens with zero attached hydrogens (tertiary/aromatic N) is 2. The molecule has 2 heterocycles. The zero-order chi connectivity index (χ0) is 12.4. The molecule has 96 valence electrons. The highest BCUT2D eigenvalue weighted by molar-refractivity contribution is 5.76. The van der Waals surface area contributed by atoms with Gasteiger partial charge in [0.05, 0.1) is 24.7 Å². The predicted octanol–water partition coefficient (Wildman–Crippen LogP) is 0.977. The number of benzene rings is 1. The van der Waals surface area contributed by atoms with Crippen LogP contribution in [0.15, 0.2) is 18.2 Å².